The van der Waals surface area contributed by atoms with Crippen molar-refractivity contribution in [3.05, 3.63) is 163 Å². The Morgan fingerprint density at radius 2 is 1.33 bits per heavy atom. The predicted octanol–water partition coefficient (Wildman–Crippen LogP) is 10.2. The van der Waals surface area contributed by atoms with Gasteiger partial charge < -0.3 is 9.98 Å². The molecule has 0 unspecified atom stereocenters. The Labute approximate surface area is 246 Å². The molecule has 202 valence electrons. The standard InChI is InChI=1S/C39H31N3/c1-3-5-16-37(40)31-18-20-39-36(26-31)35-22-28(27-41-21-4-2)17-19-38(35)42(39)34-24-32(29-12-8-6-9-13-29)23-33(25-34)30-14-10-7-11-15-30/h3-27,40H,1H2,2H3/b16-5-,21-4-,40-37?,41-27?. The van der Waals surface area contributed by atoms with E-state index < -0.39 is 0 Å². The van der Waals surface area contributed by atoms with Crippen LogP contribution < -0.4 is 0 Å². The SMILES string of the molecule is C=C/C=C\C(=N)c1ccc2c(c1)c1cc(C=N/C=C\C)ccc1n2-c1cc(-c2ccccc2)cc(-c2ccccc2)c1. The van der Waals surface area contributed by atoms with Crippen LogP contribution in [0.25, 0.3) is 49.7 Å². The topological polar surface area (TPSA) is 41.1 Å². The molecular weight excluding hydrogens is 510 g/mol. The molecule has 0 atom stereocenters. The Balaban J connectivity index is 1.64. The lowest BCUT2D eigenvalue weighted by molar-refractivity contribution is 1.18. The molecule has 3 heteroatoms. The number of nitrogens with one attached hydrogen (secondary N) is 1. The molecule has 6 aromatic rings. The van der Waals surface area contributed by atoms with E-state index in [4.69, 9.17) is 5.41 Å². The Bertz CT molecular complexity index is 1950. The molecule has 1 aromatic heterocycles. The molecule has 0 amide bonds. The highest BCUT2D eigenvalue weighted by Crippen LogP contribution is 2.37. The second-order valence-electron chi connectivity index (χ2n) is 10.1. The zero-order valence-corrected chi connectivity index (χ0v) is 23.5. The van der Waals surface area contributed by atoms with Gasteiger partial charge >= 0.3 is 0 Å². The number of aliphatic imine (C=N–C) groups is 1. The lowest BCUT2D eigenvalue weighted by Gasteiger charge is -2.14. The molecule has 0 radical (unpaired) electrons. The Morgan fingerprint density at radius 1 is 0.714 bits per heavy atom. The molecule has 0 aliphatic rings. The van der Waals surface area contributed by atoms with Gasteiger partial charge in [0.05, 0.1) is 16.7 Å². The molecule has 3 nitrogen and oxygen atoms in total. The van der Waals surface area contributed by atoms with E-state index in [9.17, 15) is 0 Å². The normalized spacial score (nSPS) is 11.8. The van der Waals surface area contributed by atoms with Gasteiger partial charge in [-0.05, 0) is 83.3 Å². The number of hydrogen-bond acceptors (Lipinski definition) is 2. The van der Waals surface area contributed by atoms with Crippen LogP contribution in [0.15, 0.2) is 157 Å². The lowest BCUT2D eigenvalue weighted by Crippen LogP contribution is -1.97. The second kappa shape index (κ2) is 11.9. The van der Waals surface area contributed by atoms with Crippen LogP contribution in [-0.2, 0) is 0 Å². The van der Waals surface area contributed by atoms with Crippen LogP contribution in [0, 0.1) is 5.41 Å². The van der Waals surface area contributed by atoms with Crippen molar-refractivity contribution in [2.75, 3.05) is 0 Å². The highest BCUT2D eigenvalue weighted by atomic mass is 15.0. The molecule has 6 rings (SSSR count). The van der Waals surface area contributed by atoms with Gasteiger partial charge in [-0.3, -0.25) is 4.99 Å². The van der Waals surface area contributed by atoms with Crippen molar-refractivity contribution >= 4 is 33.7 Å². The second-order valence-corrected chi connectivity index (χ2v) is 10.1. The van der Waals surface area contributed by atoms with Crippen LogP contribution >= 0.6 is 0 Å². The van der Waals surface area contributed by atoms with Gasteiger partial charge in [-0.1, -0.05) is 97.6 Å². The first-order valence-electron chi connectivity index (χ1n) is 14.0. The summed E-state index contributed by atoms with van der Waals surface area (Å²) in [7, 11) is 0. The summed E-state index contributed by atoms with van der Waals surface area (Å²) in [6, 6.07) is 40.6. The van der Waals surface area contributed by atoms with Crippen molar-refractivity contribution in [3.63, 3.8) is 0 Å². The third-order valence-electron chi connectivity index (χ3n) is 7.35. The minimum atomic E-state index is 0.445. The van der Waals surface area contributed by atoms with Crippen molar-refractivity contribution in [1.29, 1.82) is 5.41 Å². The highest BCUT2D eigenvalue weighted by Gasteiger charge is 2.16. The largest absolute Gasteiger partial charge is 0.309 e. The maximum absolute atomic E-state index is 8.62. The maximum atomic E-state index is 8.62. The monoisotopic (exact) mass is 541 g/mol. The van der Waals surface area contributed by atoms with Crippen LogP contribution in [0.3, 0.4) is 0 Å². The van der Waals surface area contributed by atoms with Crippen LogP contribution in [0.4, 0.5) is 0 Å². The summed E-state index contributed by atoms with van der Waals surface area (Å²) in [5.41, 5.74) is 10.2. The fourth-order valence-corrected chi connectivity index (χ4v) is 5.38. The fourth-order valence-electron chi connectivity index (χ4n) is 5.38. The van der Waals surface area contributed by atoms with Crippen molar-refractivity contribution in [2.45, 2.75) is 6.92 Å². The van der Waals surface area contributed by atoms with Crippen LogP contribution in [0.1, 0.15) is 18.1 Å². The number of aromatic nitrogens is 1. The van der Waals surface area contributed by atoms with E-state index in [1.54, 1.807) is 24.4 Å². The van der Waals surface area contributed by atoms with Crippen molar-refractivity contribution in [1.82, 2.24) is 4.57 Å². The van der Waals surface area contributed by atoms with Crippen molar-refractivity contribution in [2.24, 2.45) is 4.99 Å². The van der Waals surface area contributed by atoms with E-state index in [1.807, 2.05) is 25.3 Å². The molecule has 1 heterocycles. The minimum Gasteiger partial charge on any atom is -0.309 e. The molecule has 0 saturated carbocycles. The molecule has 0 fully saturated rings. The fraction of sp³-hybridized carbons (Fsp3) is 0.0256. The van der Waals surface area contributed by atoms with Gasteiger partial charge in [-0.25, -0.2) is 0 Å². The smallest absolute Gasteiger partial charge is 0.0612 e. The van der Waals surface area contributed by atoms with E-state index in [1.165, 1.54) is 11.1 Å². The molecule has 5 aromatic carbocycles. The molecule has 0 saturated heterocycles. The van der Waals surface area contributed by atoms with E-state index in [2.05, 4.69) is 125 Å². The Morgan fingerprint density at radius 3 is 1.95 bits per heavy atom. The summed E-state index contributed by atoms with van der Waals surface area (Å²) < 4.78 is 2.34. The van der Waals surface area contributed by atoms with Crippen LogP contribution in [0.5, 0.6) is 0 Å². The minimum absolute atomic E-state index is 0.445. The summed E-state index contributed by atoms with van der Waals surface area (Å²) in [5, 5.41) is 10.8. The average molecular weight is 542 g/mol. The number of rotatable bonds is 8. The van der Waals surface area contributed by atoms with Gasteiger partial charge in [0.1, 0.15) is 0 Å². The molecule has 0 spiro atoms. The number of allylic oxidation sites excluding steroid dienone is 4. The number of nitrogens with zero attached hydrogens (tertiary/aromatic N) is 2. The van der Waals surface area contributed by atoms with Gasteiger partial charge in [0, 0.05) is 34.4 Å². The van der Waals surface area contributed by atoms with E-state index >= 15 is 0 Å². The summed E-state index contributed by atoms with van der Waals surface area (Å²) in [6.07, 6.45) is 10.9. The molecule has 1 N–H and O–H groups in total. The lowest BCUT2D eigenvalue weighted by atomic mass is 9.98. The van der Waals surface area contributed by atoms with Gasteiger partial charge in [0.2, 0.25) is 0 Å². The molecule has 0 bridgehead atoms. The summed E-state index contributed by atoms with van der Waals surface area (Å²) >= 11 is 0. The summed E-state index contributed by atoms with van der Waals surface area (Å²) in [5.74, 6) is 0. The number of fused-ring (bicyclic) bond motifs is 3. The van der Waals surface area contributed by atoms with Crippen LogP contribution in [-0.4, -0.2) is 16.5 Å². The van der Waals surface area contributed by atoms with E-state index in [0.717, 1.165) is 49.7 Å². The van der Waals surface area contributed by atoms with Crippen molar-refractivity contribution < 1.29 is 0 Å². The first-order valence-corrected chi connectivity index (χ1v) is 14.0. The Hall–Kier alpha value is -5.54. The molecule has 0 aliphatic carbocycles. The van der Waals surface area contributed by atoms with E-state index in [0.29, 0.717) is 5.71 Å². The predicted molar refractivity (Wildman–Crippen MR) is 180 cm³/mol. The van der Waals surface area contributed by atoms with Gasteiger partial charge in [-0.2, -0.15) is 0 Å². The van der Waals surface area contributed by atoms with Crippen molar-refractivity contribution in [3.8, 4) is 27.9 Å². The third-order valence-corrected chi connectivity index (χ3v) is 7.35. The van der Waals surface area contributed by atoms with E-state index in [-0.39, 0.29) is 0 Å². The third kappa shape index (κ3) is 5.28. The summed E-state index contributed by atoms with van der Waals surface area (Å²) in [4.78, 5) is 4.42. The zero-order valence-electron chi connectivity index (χ0n) is 23.5. The summed E-state index contributed by atoms with van der Waals surface area (Å²) in [6.45, 7) is 5.71. The quantitative estimate of drug-likeness (QED) is 0.147. The molecule has 42 heavy (non-hydrogen) atoms. The first kappa shape index (κ1) is 26.7. The highest BCUT2D eigenvalue weighted by molar-refractivity contribution is 6.15. The first-order chi connectivity index (χ1) is 20.7. The van der Waals surface area contributed by atoms with Gasteiger partial charge in [0.15, 0.2) is 0 Å². The number of hydrogen-bond donors (Lipinski definition) is 1. The van der Waals surface area contributed by atoms with Gasteiger partial charge in [0.25, 0.3) is 0 Å². The Kier molecular flexibility index (Phi) is 7.56. The molecular formula is C39H31N3. The molecule has 0 aliphatic heterocycles. The number of benzene rings is 5. The van der Waals surface area contributed by atoms with Crippen LogP contribution in [0.2, 0.25) is 0 Å². The van der Waals surface area contributed by atoms with Gasteiger partial charge in [-0.15, -0.1) is 0 Å². The zero-order chi connectivity index (χ0) is 28.9. The maximum Gasteiger partial charge on any atom is 0.0612 e. The average Bonchev–Trinajstić information content (AvgIpc) is 3.37.